The molecule has 4 heterocycles. The summed E-state index contributed by atoms with van der Waals surface area (Å²) in [6.07, 6.45) is 5.98. The van der Waals surface area contributed by atoms with E-state index in [1.54, 1.807) is 12.3 Å². The third kappa shape index (κ3) is 4.54. The molecule has 162 valence electrons. The molecule has 0 N–H and O–H groups in total. The molecule has 7 nitrogen and oxygen atoms in total. The van der Waals surface area contributed by atoms with Gasteiger partial charge in [-0.3, -0.25) is 9.88 Å². The van der Waals surface area contributed by atoms with Gasteiger partial charge in [-0.05, 0) is 44.0 Å². The average Bonchev–Trinajstić information content (AvgIpc) is 3.38. The van der Waals surface area contributed by atoms with Crippen LogP contribution in [0.15, 0.2) is 41.1 Å². The summed E-state index contributed by atoms with van der Waals surface area (Å²) in [4.78, 5) is 11.3. The zero-order valence-corrected chi connectivity index (χ0v) is 18.1. The Kier molecular flexibility index (Phi) is 5.80. The van der Waals surface area contributed by atoms with Crippen molar-refractivity contribution in [1.82, 2.24) is 14.9 Å². The molecule has 0 aliphatic carbocycles. The number of fused-ring (bicyclic) bond motifs is 1. The van der Waals surface area contributed by atoms with Gasteiger partial charge in [-0.2, -0.15) is 0 Å². The van der Waals surface area contributed by atoms with E-state index in [0.717, 1.165) is 42.9 Å². The van der Waals surface area contributed by atoms with Crippen LogP contribution in [0.1, 0.15) is 29.9 Å². The van der Waals surface area contributed by atoms with Crippen LogP contribution < -0.4 is 9.47 Å². The van der Waals surface area contributed by atoms with Crippen molar-refractivity contribution >= 4 is 11.6 Å². The van der Waals surface area contributed by atoms with Gasteiger partial charge in [0.15, 0.2) is 11.5 Å². The highest BCUT2D eigenvalue weighted by Gasteiger charge is 2.24. The number of likely N-dealkylation sites (tertiary alicyclic amines) is 1. The van der Waals surface area contributed by atoms with Crippen LogP contribution in [0.2, 0.25) is 5.02 Å². The minimum Gasteiger partial charge on any atom is -0.454 e. The van der Waals surface area contributed by atoms with Crippen molar-refractivity contribution in [3.05, 3.63) is 58.7 Å². The summed E-state index contributed by atoms with van der Waals surface area (Å²) < 4.78 is 22.9. The predicted octanol–water partition coefficient (Wildman–Crippen LogP) is 4.61. The summed E-state index contributed by atoms with van der Waals surface area (Å²) >= 11 is 6.43. The van der Waals surface area contributed by atoms with E-state index < -0.39 is 0 Å². The van der Waals surface area contributed by atoms with Crippen LogP contribution in [0, 0.1) is 6.92 Å². The van der Waals surface area contributed by atoms with E-state index in [2.05, 4.69) is 9.88 Å². The maximum Gasteiger partial charge on any atom is 0.231 e. The standard InChI is InChI=1S/C23H24ClN3O4/c1-15-20(26-23(31-15)18-8-21-22(9-19(18)24)30-14-29-21)12-27-7-3-5-17(11-27)28-13-16-4-2-6-25-10-16/h2,4,6,8-10,17H,3,5,7,11-14H2,1H3. The van der Waals surface area contributed by atoms with Crippen LogP contribution in [-0.2, 0) is 17.9 Å². The Bertz CT molecular complexity index is 1060. The molecule has 3 aromatic rings. The highest BCUT2D eigenvalue weighted by Crippen LogP contribution is 2.41. The molecule has 0 spiro atoms. The molecule has 2 aliphatic heterocycles. The number of aromatic nitrogens is 2. The average molecular weight is 442 g/mol. The van der Waals surface area contributed by atoms with E-state index in [9.17, 15) is 0 Å². The zero-order valence-electron chi connectivity index (χ0n) is 17.3. The number of ether oxygens (including phenoxy) is 3. The van der Waals surface area contributed by atoms with E-state index in [-0.39, 0.29) is 12.9 Å². The number of rotatable bonds is 6. The third-order valence-electron chi connectivity index (χ3n) is 5.63. The van der Waals surface area contributed by atoms with Crippen LogP contribution in [-0.4, -0.2) is 40.9 Å². The van der Waals surface area contributed by atoms with Gasteiger partial charge in [0.25, 0.3) is 0 Å². The van der Waals surface area contributed by atoms with Crippen LogP contribution in [0.25, 0.3) is 11.5 Å². The number of hydrogen-bond acceptors (Lipinski definition) is 7. The molecule has 1 saturated heterocycles. The second-order valence-corrected chi connectivity index (χ2v) is 8.29. The van der Waals surface area contributed by atoms with Crippen molar-refractivity contribution in [3.8, 4) is 23.0 Å². The SMILES string of the molecule is Cc1oc(-c2cc3c(cc2Cl)OCO3)nc1CN1CCCC(OCc2cccnc2)C1. The first-order valence-electron chi connectivity index (χ1n) is 10.4. The van der Waals surface area contributed by atoms with E-state index in [0.29, 0.717) is 41.1 Å². The van der Waals surface area contributed by atoms with Crippen LogP contribution in [0.3, 0.4) is 0 Å². The fourth-order valence-electron chi connectivity index (χ4n) is 3.97. The van der Waals surface area contributed by atoms with Gasteiger partial charge in [-0.15, -0.1) is 0 Å². The van der Waals surface area contributed by atoms with Gasteiger partial charge in [-0.25, -0.2) is 4.98 Å². The lowest BCUT2D eigenvalue weighted by molar-refractivity contribution is -0.0124. The molecule has 2 aliphatic rings. The predicted molar refractivity (Wildman–Crippen MR) is 115 cm³/mol. The van der Waals surface area contributed by atoms with Crippen molar-refractivity contribution in [2.24, 2.45) is 0 Å². The van der Waals surface area contributed by atoms with Crippen LogP contribution in [0.4, 0.5) is 0 Å². The van der Waals surface area contributed by atoms with Crippen LogP contribution in [0.5, 0.6) is 11.5 Å². The van der Waals surface area contributed by atoms with Gasteiger partial charge in [-0.1, -0.05) is 17.7 Å². The molecular formula is C23H24ClN3O4. The fourth-order valence-corrected chi connectivity index (χ4v) is 4.21. The Morgan fingerprint density at radius 1 is 1.26 bits per heavy atom. The molecular weight excluding hydrogens is 418 g/mol. The minimum absolute atomic E-state index is 0.198. The number of aryl methyl sites for hydroxylation is 1. The molecule has 0 bridgehead atoms. The normalized spacial score (nSPS) is 18.5. The number of oxazole rings is 1. The van der Waals surface area contributed by atoms with Crippen molar-refractivity contribution < 1.29 is 18.6 Å². The number of hydrogen-bond donors (Lipinski definition) is 0. The lowest BCUT2D eigenvalue weighted by Gasteiger charge is -2.32. The first-order valence-corrected chi connectivity index (χ1v) is 10.8. The van der Waals surface area contributed by atoms with Gasteiger partial charge in [0.1, 0.15) is 5.76 Å². The maximum absolute atomic E-state index is 6.43. The van der Waals surface area contributed by atoms with Crippen molar-refractivity contribution in [3.63, 3.8) is 0 Å². The Hall–Kier alpha value is -2.61. The fraction of sp³-hybridized carbons (Fsp3) is 0.391. The summed E-state index contributed by atoms with van der Waals surface area (Å²) in [5, 5.41) is 0.527. The summed E-state index contributed by atoms with van der Waals surface area (Å²) in [5.74, 6) is 2.59. The minimum atomic E-state index is 0.198. The Morgan fingerprint density at radius 3 is 2.97 bits per heavy atom. The monoisotopic (exact) mass is 441 g/mol. The number of nitrogens with zero attached hydrogens (tertiary/aromatic N) is 3. The molecule has 0 radical (unpaired) electrons. The van der Waals surface area contributed by atoms with Crippen molar-refractivity contribution in [1.29, 1.82) is 0 Å². The Labute approximate surface area is 185 Å². The molecule has 31 heavy (non-hydrogen) atoms. The van der Waals surface area contributed by atoms with Crippen molar-refractivity contribution in [2.45, 2.75) is 39.0 Å². The highest BCUT2D eigenvalue weighted by atomic mass is 35.5. The number of piperidine rings is 1. The first kappa shape index (κ1) is 20.3. The summed E-state index contributed by atoms with van der Waals surface area (Å²) in [5.41, 5.74) is 2.71. The third-order valence-corrected chi connectivity index (χ3v) is 5.94. The zero-order chi connectivity index (χ0) is 21.2. The van der Waals surface area contributed by atoms with Crippen LogP contribution >= 0.6 is 11.6 Å². The lowest BCUT2D eigenvalue weighted by Crippen LogP contribution is -2.39. The number of halogens is 1. The molecule has 1 fully saturated rings. The highest BCUT2D eigenvalue weighted by molar-refractivity contribution is 6.33. The lowest BCUT2D eigenvalue weighted by atomic mass is 10.1. The Morgan fingerprint density at radius 2 is 2.13 bits per heavy atom. The first-order chi connectivity index (χ1) is 15.2. The topological polar surface area (TPSA) is 69.9 Å². The summed E-state index contributed by atoms with van der Waals surface area (Å²) in [7, 11) is 0. The van der Waals surface area contributed by atoms with Gasteiger partial charge >= 0.3 is 0 Å². The molecule has 2 aromatic heterocycles. The largest absolute Gasteiger partial charge is 0.454 e. The van der Waals surface area contributed by atoms with Gasteiger partial charge in [0.2, 0.25) is 12.7 Å². The maximum atomic E-state index is 6.43. The second-order valence-electron chi connectivity index (χ2n) is 7.88. The van der Waals surface area contributed by atoms with E-state index >= 15 is 0 Å². The number of pyridine rings is 1. The van der Waals surface area contributed by atoms with Crippen molar-refractivity contribution in [2.75, 3.05) is 19.9 Å². The summed E-state index contributed by atoms with van der Waals surface area (Å²) in [6.45, 7) is 5.31. The molecule has 1 atom stereocenters. The second kappa shape index (κ2) is 8.86. The van der Waals surface area contributed by atoms with E-state index in [1.165, 1.54) is 0 Å². The molecule has 0 saturated carbocycles. The molecule has 8 heteroatoms. The molecule has 1 unspecified atom stereocenters. The van der Waals surface area contributed by atoms with E-state index in [4.69, 9.17) is 35.2 Å². The smallest absolute Gasteiger partial charge is 0.231 e. The number of benzene rings is 1. The quantitative estimate of drug-likeness (QED) is 0.553. The van der Waals surface area contributed by atoms with E-state index in [1.807, 2.05) is 31.3 Å². The molecule has 0 amide bonds. The van der Waals surface area contributed by atoms with Gasteiger partial charge < -0.3 is 18.6 Å². The molecule has 1 aromatic carbocycles. The van der Waals surface area contributed by atoms with Gasteiger partial charge in [0.05, 0.1) is 29.0 Å². The Balaban J connectivity index is 1.25. The molecule has 5 rings (SSSR count). The van der Waals surface area contributed by atoms with Gasteiger partial charge in [0, 0.05) is 31.5 Å². The summed E-state index contributed by atoms with van der Waals surface area (Å²) in [6, 6.07) is 7.54.